The Balaban J connectivity index is 1.49. The van der Waals surface area contributed by atoms with Crippen molar-refractivity contribution in [3.8, 4) is 61.8 Å². The van der Waals surface area contributed by atoms with Gasteiger partial charge in [0.25, 0.3) is 0 Å². The average Bonchev–Trinajstić information content (AvgIpc) is 3.52. The van der Waals surface area contributed by atoms with Crippen LogP contribution in [0.4, 0.5) is 0 Å². The molecule has 1 heterocycles. The molecule has 0 fully saturated rings. The van der Waals surface area contributed by atoms with Gasteiger partial charge >= 0.3 is 0 Å². The van der Waals surface area contributed by atoms with Crippen LogP contribution in [0.25, 0.3) is 61.8 Å². The Kier molecular flexibility index (Phi) is 8.61. The molecule has 1 aromatic heterocycles. The highest BCUT2D eigenvalue weighted by Gasteiger charge is 2.23. The van der Waals surface area contributed by atoms with E-state index in [1.165, 1.54) is 83.5 Å². The van der Waals surface area contributed by atoms with Crippen LogP contribution in [0, 0.1) is 62.3 Å². The maximum atomic E-state index is 5.32. The molecule has 50 heavy (non-hydrogen) atoms. The molecule has 0 amide bonds. The van der Waals surface area contributed by atoms with Gasteiger partial charge in [0.15, 0.2) is 11.6 Å². The molecule has 7 rings (SSSR count). The van der Waals surface area contributed by atoms with Crippen molar-refractivity contribution in [2.75, 3.05) is 0 Å². The summed E-state index contributed by atoms with van der Waals surface area (Å²) in [4.78, 5) is 5.32. The van der Waals surface area contributed by atoms with E-state index in [1.807, 2.05) is 0 Å². The van der Waals surface area contributed by atoms with Crippen LogP contribution in [-0.4, -0.2) is 14.8 Å². The fourth-order valence-electron chi connectivity index (χ4n) is 7.99. The number of nitrogens with zero attached hydrogens (tertiary/aromatic N) is 3. The molecule has 248 valence electrons. The molecular formula is C47H45N3. The van der Waals surface area contributed by atoms with E-state index in [2.05, 4.69) is 176 Å². The van der Waals surface area contributed by atoms with Gasteiger partial charge in [-0.1, -0.05) is 96.6 Å². The zero-order valence-electron chi connectivity index (χ0n) is 30.7. The Morgan fingerprint density at radius 1 is 0.400 bits per heavy atom. The van der Waals surface area contributed by atoms with E-state index in [0.717, 1.165) is 28.5 Å². The van der Waals surface area contributed by atoms with Crippen LogP contribution in [0.2, 0.25) is 0 Å². The molecule has 0 atom stereocenters. The molecule has 0 N–H and O–H groups in total. The zero-order valence-corrected chi connectivity index (χ0v) is 30.7. The van der Waals surface area contributed by atoms with E-state index in [-0.39, 0.29) is 0 Å². The Hall–Kier alpha value is -5.54. The summed E-state index contributed by atoms with van der Waals surface area (Å²) in [5, 5.41) is 5.25. The first-order valence-electron chi connectivity index (χ1n) is 17.5. The normalized spacial score (nSPS) is 11.3. The van der Waals surface area contributed by atoms with Crippen molar-refractivity contribution in [3.05, 3.63) is 159 Å². The monoisotopic (exact) mass is 651 g/mol. The molecule has 0 aliphatic carbocycles. The maximum absolute atomic E-state index is 5.32. The highest BCUT2D eigenvalue weighted by Crippen LogP contribution is 2.44. The first-order chi connectivity index (χ1) is 24.0. The van der Waals surface area contributed by atoms with Gasteiger partial charge in [-0.05, 0) is 158 Å². The molecule has 0 bridgehead atoms. The van der Waals surface area contributed by atoms with Gasteiger partial charge in [0.05, 0.1) is 5.69 Å². The van der Waals surface area contributed by atoms with Gasteiger partial charge < -0.3 is 0 Å². The molecule has 0 spiro atoms. The smallest absolute Gasteiger partial charge is 0.182 e. The summed E-state index contributed by atoms with van der Waals surface area (Å²) in [5.74, 6) is 1.57. The van der Waals surface area contributed by atoms with Gasteiger partial charge in [0.2, 0.25) is 0 Å². The van der Waals surface area contributed by atoms with Crippen LogP contribution in [0.3, 0.4) is 0 Å². The molecule has 0 aliphatic heterocycles. The third-order valence-corrected chi connectivity index (χ3v) is 10.4. The largest absolute Gasteiger partial charge is 0.212 e. The highest BCUT2D eigenvalue weighted by molar-refractivity contribution is 5.92. The lowest BCUT2D eigenvalue weighted by molar-refractivity contribution is 0.873. The third-order valence-electron chi connectivity index (χ3n) is 10.4. The topological polar surface area (TPSA) is 30.7 Å². The summed E-state index contributed by atoms with van der Waals surface area (Å²) in [6.45, 7) is 19.8. The van der Waals surface area contributed by atoms with Crippen LogP contribution < -0.4 is 0 Å². The van der Waals surface area contributed by atoms with Crippen LogP contribution in [0.5, 0.6) is 0 Å². The van der Waals surface area contributed by atoms with Crippen LogP contribution in [0.15, 0.2) is 109 Å². The van der Waals surface area contributed by atoms with Crippen LogP contribution in [-0.2, 0) is 0 Å². The summed E-state index contributed by atoms with van der Waals surface area (Å²) in [5.41, 5.74) is 21.9. The van der Waals surface area contributed by atoms with Crippen molar-refractivity contribution < 1.29 is 0 Å². The Morgan fingerprint density at radius 3 is 1.38 bits per heavy atom. The van der Waals surface area contributed by atoms with E-state index < -0.39 is 0 Å². The first kappa shape index (κ1) is 33.0. The van der Waals surface area contributed by atoms with Gasteiger partial charge in [-0.25, -0.2) is 9.67 Å². The van der Waals surface area contributed by atoms with E-state index >= 15 is 0 Å². The number of hydrogen-bond acceptors (Lipinski definition) is 2. The number of aromatic nitrogens is 3. The minimum Gasteiger partial charge on any atom is -0.212 e. The Bertz CT molecular complexity index is 2280. The molecule has 0 saturated carbocycles. The number of benzene rings is 6. The minimum absolute atomic E-state index is 0.733. The van der Waals surface area contributed by atoms with Gasteiger partial charge in [-0.15, -0.1) is 5.10 Å². The van der Waals surface area contributed by atoms with Gasteiger partial charge in [-0.3, -0.25) is 0 Å². The Morgan fingerprint density at radius 2 is 0.860 bits per heavy atom. The van der Waals surface area contributed by atoms with Crippen molar-refractivity contribution in [2.45, 2.75) is 62.3 Å². The Labute approximate surface area is 297 Å². The predicted octanol–water partition coefficient (Wildman–Crippen LogP) is 12.4. The number of aryl methyl sites for hydroxylation is 5. The SMILES string of the molecule is Cc1cc(C)c(-n2nc(-c3cc(C)c(C)c(C)c3)nc2-c2cccc(-c3c(C)c(-c4ccccc4)c(C)c(-c4ccccc4)c3C)c2)c(C)c1. The van der Waals surface area contributed by atoms with Gasteiger partial charge in [0.1, 0.15) is 0 Å². The molecule has 6 aromatic carbocycles. The lowest BCUT2D eigenvalue weighted by Crippen LogP contribution is -2.05. The first-order valence-corrected chi connectivity index (χ1v) is 17.5. The van der Waals surface area contributed by atoms with Crippen molar-refractivity contribution >= 4 is 0 Å². The van der Waals surface area contributed by atoms with Crippen molar-refractivity contribution in [1.29, 1.82) is 0 Å². The van der Waals surface area contributed by atoms with Crippen LogP contribution >= 0.6 is 0 Å². The summed E-state index contributed by atoms with van der Waals surface area (Å²) < 4.78 is 2.07. The summed E-state index contributed by atoms with van der Waals surface area (Å²) in [6.07, 6.45) is 0. The average molecular weight is 652 g/mol. The molecule has 7 aromatic rings. The van der Waals surface area contributed by atoms with E-state index in [1.54, 1.807) is 0 Å². The van der Waals surface area contributed by atoms with Gasteiger partial charge in [-0.2, -0.15) is 0 Å². The molecule has 3 nitrogen and oxygen atoms in total. The molecule has 0 saturated heterocycles. The molecule has 0 unspecified atom stereocenters. The number of rotatable bonds is 6. The second-order valence-corrected chi connectivity index (χ2v) is 14.0. The van der Waals surface area contributed by atoms with Crippen molar-refractivity contribution in [2.24, 2.45) is 0 Å². The maximum Gasteiger partial charge on any atom is 0.182 e. The summed E-state index contributed by atoms with van der Waals surface area (Å²) >= 11 is 0. The molecule has 0 radical (unpaired) electrons. The second-order valence-electron chi connectivity index (χ2n) is 14.0. The van der Waals surface area contributed by atoms with Crippen molar-refractivity contribution in [3.63, 3.8) is 0 Å². The molecule has 0 aliphatic rings. The van der Waals surface area contributed by atoms with E-state index in [0.29, 0.717) is 0 Å². The summed E-state index contributed by atoms with van der Waals surface area (Å²) in [6, 6.07) is 39.4. The van der Waals surface area contributed by atoms with E-state index in [9.17, 15) is 0 Å². The summed E-state index contributed by atoms with van der Waals surface area (Å²) in [7, 11) is 0. The van der Waals surface area contributed by atoms with Gasteiger partial charge in [0, 0.05) is 11.1 Å². The minimum atomic E-state index is 0.733. The van der Waals surface area contributed by atoms with E-state index in [4.69, 9.17) is 10.1 Å². The highest BCUT2D eigenvalue weighted by atomic mass is 15.4. The van der Waals surface area contributed by atoms with Crippen LogP contribution in [0.1, 0.15) is 50.1 Å². The standard InChI is InChI=1S/C47H45N3/c1-28-23-31(4)45(32(5)24-28)50-47(48-46(49-50)41-25-29(2)33(6)30(3)26-41)40-22-16-21-39(27-40)44-35(8)42(37-17-12-10-13-18-37)34(7)43(36(44)9)38-19-14-11-15-20-38/h10-27H,1-9H3. The predicted molar refractivity (Wildman–Crippen MR) is 211 cm³/mol. The fourth-order valence-corrected chi connectivity index (χ4v) is 7.99. The van der Waals surface area contributed by atoms with Crippen molar-refractivity contribution in [1.82, 2.24) is 14.8 Å². The lowest BCUT2D eigenvalue weighted by Gasteiger charge is -2.23. The molecule has 3 heteroatoms. The quantitative estimate of drug-likeness (QED) is 0.179. The third kappa shape index (κ3) is 5.77. The zero-order chi connectivity index (χ0) is 35.3. The second kappa shape index (κ2) is 13.1. The molecular weight excluding hydrogens is 607 g/mol. The lowest BCUT2D eigenvalue weighted by atomic mass is 9.80. The fraction of sp³-hybridized carbons (Fsp3) is 0.191. The number of hydrogen-bond donors (Lipinski definition) is 0.